The molecule has 0 spiro atoms. The highest BCUT2D eigenvalue weighted by Gasteiger charge is 2.43. The number of amides is 1. The van der Waals surface area contributed by atoms with E-state index in [1.54, 1.807) is 72.8 Å². The number of ether oxygens (including phenoxy) is 2. The Morgan fingerprint density at radius 2 is 1.61 bits per heavy atom. The zero-order chi connectivity index (χ0) is 41.2. The van der Waals surface area contributed by atoms with Crippen LogP contribution in [0.3, 0.4) is 0 Å². The highest BCUT2D eigenvalue weighted by Crippen LogP contribution is 2.34. The maximum atomic E-state index is 13.9. The summed E-state index contributed by atoms with van der Waals surface area (Å²) < 4.78 is 12.0. The zero-order valence-corrected chi connectivity index (χ0v) is 32.6. The van der Waals surface area contributed by atoms with Gasteiger partial charge >= 0.3 is 5.97 Å². The van der Waals surface area contributed by atoms with Crippen LogP contribution >= 0.6 is 0 Å². The van der Waals surface area contributed by atoms with Crippen molar-refractivity contribution >= 4 is 22.8 Å². The van der Waals surface area contributed by atoms with Gasteiger partial charge in [0.05, 0.1) is 18.2 Å². The Labute approximate surface area is 342 Å². The number of pyridine rings is 1. The van der Waals surface area contributed by atoms with Crippen LogP contribution in [0.15, 0.2) is 138 Å². The van der Waals surface area contributed by atoms with E-state index in [0.29, 0.717) is 65.9 Å². The maximum Gasteiger partial charge on any atom is 0.348 e. The van der Waals surface area contributed by atoms with Crippen LogP contribution in [0.25, 0.3) is 10.9 Å². The number of aromatic hydroxyl groups is 1. The summed E-state index contributed by atoms with van der Waals surface area (Å²) in [4.78, 5) is 43.3. The standard InChI is InChI=1S/C47H48N4O8/c52-41-21-19-39(40-20-22-43(54)50-44(40)41)42(53)29-48-28-32-15-17-34(18-16-32)45(55)49-24-8-26-58-37-14-7-13-36(27-37)47(57,35-11-5-2-6-12-35)46(56)59-38-23-25-51(31-38)30-33-9-3-1-4-10-33/h1-7,9-22,27,38,42,48,52-53,57H,8,23-26,28-31H2,(H,49,55)(H,50,54)/t38-,42+,47+/m1/s1. The number of hydrogen-bond donors (Lipinski definition) is 6. The average Bonchev–Trinajstić information content (AvgIpc) is 3.70. The van der Waals surface area contributed by atoms with E-state index >= 15 is 0 Å². The first-order valence-corrected chi connectivity index (χ1v) is 19.8. The fourth-order valence-corrected chi connectivity index (χ4v) is 7.36. The number of nitrogens with zero attached hydrogens (tertiary/aromatic N) is 1. The molecule has 7 rings (SSSR count). The third-order valence-corrected chi connectivity index (χ3v) is 10.5. The van der Waals surface area contributed by atoms with Crippen molar-refractivity contribution in [2.24, 2.45) is 0 Å². The predicted molar refractivity (Wildman–Crippen MR) is 224 cm³/mol. The van der Waals surface area contributed by atoms with E-state index in [4.69, 9.17) is 9.47 Å². The summed E-state index contributed by atoms with van der Waals surface area (Å²) in [5.74, 6) is -0.563. The van der Waals surface area contributed by atoms with Gasteiger partial charge in [0, 0.05) is 61.8 Å². The summed E-state index contributed by atoms with van der Waals surface area (Å²) >= 11 is 0. The Morgan fingerprint density at radius 3 is 2.39 bits per heavy atom. The number of H-pyrrole nitrogens is 1. The molecular weight excluding hydrogens is 749 g/mol. The summed E-state index contributed by atoms with van der Waals surface area (Å²) in [6.07, 6.45) is -0.0551. The highest BCUT2D eigenvalue weighted by atomic mass is 16.6. The van der Waals surface area contributed by atoms with E-state index in [2.05, 4.69) is 32.7 Å². The first kappa shape index (κ1) is 40.9. The highest BCUT2D eigenvalue weighted by molar-refractivity contribution is 5.94. The second kappa shape index (κ2) is 19.0. The molecule has 59 heavy (non-hydrogen) atoms. The lowest BCUT2D eigenvalue weighted by atomic mass is 9.86. The molecule has 1 amide bonds. The smallest absolute Gasteiger partial charge is 0.348 e. The van der Waals surface area contributed by atoms with Gasteiger partial charge in [0.25, 0.3) is 5.91 Å². The molecule has 0 saturated carbocycles. The number of aromatic amines is 1. The second-order valence-corrected chi connectivity index (χ2v) is 14.7. The number of hydrogen-bond acceptors (Lipinski definition) is 10. The monoisotopic (exact) mass is 796 g/mol. The van der Waals surface area contributed by atoms with Crippen molar-refractivity contribution < 1.29 is 34.4 Å². The fourth-order valence-electron chi connectivity index (χ4n) is 7.36. The van der Waals surface area contributed by atoms with Crippen LogP contribution in [0.2, 0.25) is 0 Å². The molecule has 6 N–H and O–H groups in total. The molecule has 1 saturated heterocycles. The minimum Gasteiger partial charge on any atom is -0.506 e. The second-order valence-electron chi connectivity index (χ2n) is 14.7. The summed E-state index contributed by atoms with van der Waals surface area (Å²) in [7, 11) is 0. The van der Waals surface area contributed by atoms with Crippen molar-refractivity contribution in [3.05, 3.63) is 177 Å². The number of fused-ring (bicyclic) bond motifs is 1. The summed E-state index contributed by atoms with van der Waals surface area (Å²) in [5, 5.41) is 39.8. The van der Waals surface area contributed by atoms with E-state index in [9.17, 15) is 29.7 Å². The molecule has 0 unspecified atom stereocenters. The van der Waals surface area contributed by atoms with Gasteiger partial charge in [-0.3, -0.25) is 14.5 Å². The van der Waals surface area contributed by atoms with Crippen LogP contribution in [0, 0.1) is 0 Å². The number of aromatic nitrogens is 1. The molecule has 3 atom stereocenters. The van der Waals surface area contributed by atoms with Crippen LogP contribution in [0.4, 0.5) is 0 Å². The molecule has 0 radical (unpaired) electrons. The van der Waals surface area contributed by atoms with Gasteiger partial charge in [-0.2, -0.15) is 0 Å². The van der Waals surface area contributed by atoms with E-state index in [1.165, 1.54) is 17.7 Å². The number of aliphatic hydroxyl groups is 2. The molecule has 12 nitrogen and oxygen atoms in total. The first-order chi connectivity index (χ1) is 28.7. The Kier molecular flexibility index (Phi) is 13.1. The number of esters is 1. The Morgan fingerprint density at radius 1 is 0.864 bits per heavy atom. The van der Waals surface area contributed by atoms with Crippen molar-refractivity contribution in [3.8, 4) is 11.5 Å². The summed E-state index contributed by atoms with van der Waals surface area (Å²) in [6.45, 7) is 3.44. The van der Waals surface area contributed by atoms with Crippen molar-refractivity contribution in [1.29, 1.82) is 0 Å². The number of nitrogens with one attached hydrogen (secondary N) is 3. The Bertz CT molecular complexity index is 2410. The van der Waals surface area contributed by atoms with Gasteiger partial charge in [0.2, 0.25) is 11.2 Å². The number of aliphatic hydroxyl groups excluding tert-OH is 1. The van der Waals surface area contributed by atoms with Gasteiger partial charge < -0.3 is 40.4 Å². The number of phenolic OH excluding ortho intramolecular Hbond substituents is 1. The number of carbonyl (C=O) groups excluding carboxylic acids is 2. The van der Waals surface area contributed by atoms with Gasteiger partial charge in [0.15, 0.2) is 0 Å². The van der Waals surface area contributed by atoms with E-state index in [0.717, 1.165) is 18.7 Å². The molecule has 1 aliphatic rings. The molecule has 2 heterocycles. The van der Waals surface area contributed by atoms with Crippen LogP contribution in [0.5, 0.6) is 11.5 Å². The van der Waals surface area contributed by atoms with Crippen molar-refractivity contribution in [2.45, 2.75) is 43.7 Å². The van der Waals surface area contributed by atoms with Crippen molar-refractivity contribution in [3.63, 3.8) is 0 Å². The molecule has 0 bridgehead atoms. The molecule has 1 aromatic heterocycles. The summed E-state index contributed by atoms with van der Waals surface area (Å²) in [6, 6.07) is 38.9. The molecular formula is C47H48N4O8. The molecule has 1 aliphatic heterocycles. The molecule has 12 heteroatoms. The number of likely N-dealkylation sites (tertiary alicyclic amines) is 1. The lowest BCUT2D eigenvalue weighted by Crippen LogP contribution is -2.41. The molecule has 5 aromatic carbocycles. The topological polar surface area (TPSA) is 173 Å². The average molecular weight is 797 g/mol. The third-order valence-electron chi connectivity index (χ3n) is 10.5. The Balaban J connectivity index is 0.872. The van der Waals surface area contributed by atoms with Crippen LogP contribution in [-0.4, -0.2) is 76.0 Å². The maximum absolute atomic E-state index is 13.9. The van der Waals surface area contributed by atoms with Crippen LogP contribution in [-0.2, 0) is 28.2 Å². The van der Waals surface area contributed by atoms with Crippen LogP contribution < -0.4 is 20.9 Å². The molecule has 0 aliphatic carbocycles. The van der Waals surface area contributed by atoms with Gasteiger partial charge in [-0.25, -0.2) is 4.79 Å². The number of benzene rings is 5. The zero-order valence-electron chi connectivity index (χ0n) is 32.6. The number of phenols is 1. The molecule has 1 fully saturated rings. The van der Waals surface area contributed by atoms with Crippen molar-refractivity contribution in [1.82, 2.24) is 20.5 Å². The van der Waals surface area contributed by atoms with Gasteiger partial charge in [-0.15, -0.1) is 0 Å². The molecule has 6 aromatic rings. The van der Waals surface area contributed by atoms with E-state index in [-0.39, 0.29) is 42.0 Å². The normalized spacial score (nSPS) is 15.7. The van der Waals surface area contributed by atoms with Gasteiger partial charge in [-0.05, 0) is 71.5 Å². The lowest BCUT2D eigenvalue weighted by Gasteiger charge is -2.29. The Hall–Kier alpha value is -6.31. The minimum absolute atomic E-state index is 0.0676. The quantitative estimate of drug-likeness (QED) is 0.0525. The van der Waals surface area contributed by atoms with Gasteiger partial charge in [-0.1, -0.05) is 91.0 Å². The van der Waals surface area contributed by atoms with Crippen LogP contribution in [0.1, 0.15) is 57.1 Å². The van der Waals surface area contributed by atoms with E-state index < -0.39 is 17.7 Å². The summed E-state index contributed by atoms with van der Waals surface area (Å²) in [5.41, 5.74) is 1.79. The largest absolute Gasteiger partial charge is 0.506 e. The van der Waals surface area contributed by atoms with E-state index in [1.807, 2.05) is 36.4 Å². The third kappa shape index (κ3) is 10.1. The minimum atomic E-state index is -2.05. The van der Waals surface area contributed by atoms with Crippen molar-refractivity contribution in [2.75, 3.05) is 32.8 Å². The fraction of sp³-hybridized carbons (Fsp3) is 0.255. The SMILES string of the molecule is O=C(NCCCOc1cccc([C@](O)(C(=O)O[C@@H]2CCN(Cc3ccccc3)C2)c2ccccc2)c1)c1ccc(CNC[C@H](O)c2ccc(O)c3[nH]c(=O)ccc23)cc1. The number of rotatable bonds is 17. The molecule has 304 valence electrons. The predicted octanol–water partition coefficient (Wildman–Crippen LogP) is 5.31. The lowest BCUT2D eigenvalue weighted by molar-refractivity contribution is -0.167. The number of carbonyl (C=O) groups is 2. The van der Waals surface area contributed by atoms with Gasteiger partial charge in [0.1, 0.15) is 17.6 Å². The first-order valence-electron chi connectivity index (χ1n) is 19.8.